The summed E-state index contributed by atoms with van der Waals surface area (Å²) in [6.07, 6.45) is 6.96. The highest BCUT2D eigenvalue weighted by Gasteiger charge is 2.30. The van der Waals surface area contributed by atoms with Crippen LogP contribution >= 0.6 is 0 Å². The Morgan fingerprint density at radius 1 is 0.440 bits per heavy atom. The standard InChI is InChI=1S/C60H74N6O15S3/c1-6-11-13-19-33-64(10-5)48-37-44(40-54(84(63,76)77)55(48)78-45-23-15-14-16-24-45)60(71)80-47-28-26-46(27-29-47)79-56-49(35-42(58(67)68)38-52(56)82(61,72)73)66(31-9-4)34-20-22-41-21-17-18-25-51(41)81-57-50(65(30-8-3)32-12-7-2)36-43(59(69)70)39-53(57)83(62,74)75/h14-18,21,23-29,35-40H,6-13,19-20,22,30-34H2,1-5H3,(H,67,68)(H,69,70)(H2,61,72,73)(H2,62,74,75)(H2,63,76,77). The van der Waals surface area contributed by atoms with Crippen molar-refractivity contribution in [3.05, 3.63) is 138 Å². The van der Waals surface area contributed by atoms with E-state index in [1.807, 2.05) is 37.5 Å². The van der Waals surface area contributed by atoms with Gasteiger partial charge in [-0.05, 0) is 130 Å². The molecule has 6 rings (SSSR count). The van der Waals surface area contributed by atoms with E-state index in [0.29, 0.717) is 68.9 Å². The number of aromatic carboxylic acids is 2. The molecule has 6 aromatic carbocycles. The van der Waals surface area contributed by atoms with Crippen LogP contribution in [0.5, 0.6) is 40.2 Å². The lowest BCUT2D eigenvalue weighted by molar-refractivity contribution is 0.0685. The molecule has 0 aliphatic carbocycles. The number of benzene rings is 6. The second kappa shape index (κ2) is 29.7. The van der Waals surface area contributed by atoms with E-state index in [1.54, 1.807) is 59.5 Å². The highest BCUT2D eigenvalue weighted by atomic mass is 32.2. The van der Waals surface area contributed by atoms with Gasteiger partial charge in [-0.3, -0.25) is 0 Å². The molecule has 0 aliphatic heterocycles. The number of nitrogens with two attached hydrogens (primary N) is 3. The number of para-hydroxylation sites is 2. The molecule has 0 radical (unpaired) electrons. The normalized spacial score (nSPS) is 11.7. The topological polar surface area (TPSA) is 319 Å². The van der Waals surface area contributed by atoms with E-state index < -0.39 is 68.2 Å². The van der Waals surface area contributed by atoms with Gasteiger partial charge in [0, 0.05) is 39.3 Å². The number of carboxylic acids is 2. The summed E-state index contributed by atoms with van der Waals surface area (Å²) in [6, 6.07) is 28.0. The molecule has 0 amide bonds. The van der Waals surface area contributed by atoms with E-state index in [1.165, 1.54) is 42.5 Å². The number of anilines is 3. The summed E-state index contributed by atoms with van der Waals surface area (Å²) in [6.45, 7) is 12.1. The number of primary sulfonamides is 3. The molecule has 6 aromatic rings. The van der Waals surface area contributed by atoms with Crippen LogP contribution in [0.2, 0.25) is 0 Å². The van der Waals surface area contributed by atoms with Crippen molar-refractivity contribution in [2.45, 2.75) is 114 Å². The molecule has 0 bridgehead atoms. The van der Waals surface area contributed by atoms with Gasteiger partial charge in [0.15, 0.2) is 17.2 Å². The van der Waals surface area contributed by atoms with E-state index >= 15 is 0 Å². The van der Waals surface area contributed by atoms with Crippen LogP contribution in [-0.4, -0.2) is 92.6 Å². The Hall–Kier alpha value is -7.74. The summed E-state index contributed by atoms with van der Waals surface area (Å²) in [5.41, 5.74) is 0.382. The third kappa shape index (κ3) is 17.4. The Labute approximate surface area is 492 Å². The van der Waals surface area contributed by atoms with E-state index in [-0.39, 0.29) is 76.5 Å². The van der Waals surface area contributed by atoms with Crippen molar-refractivity contribution in [2.75, 3.05) is 54.0 Å². The molecule has 0 saturated carbocycles. The lowest BCUT2D eigenvalue weighted by Gasteiger charge is -2.29. The molecular formula is C60H74N6O15S3. The van der Waals surface area contributed by atoms with Crippen molar-refractivity contribution < 1.29 is 68.8 Å². The number of carbonyl (C=O) groups excluding carboxylic acids is 1. The Morgan fingerprint density at radius 3 is 1.36 bits per heavy atom. The Kier molecular flexibility index (Phi) is 23.1. The molecule has 452 valence electrons. The summed E-state index contributed by atoms with van der Waals surface area (Å²) >= 11 is 0. The lowest BCUT2D eigenvalue weighted by atomic mass is 10.1. The summed E-state index contributed by atoms with van der Waals surface area (Å²) in [5.74, 6) is -3.63. The SMILES string of the molecule is CCCCCCN(CC)c1cc(C(=O)Oc2ccc(Oc3c(N(CCC)CCCc4ccccc4Oc4c(N(CCC)CCCC)cc(C(=O)O)cc4S(N)(=O)=O)cc(C(=O)O)cc3S(N)(=O)=O)cc2)cc(S(N)(=O)=O)c1Oc1ccccc1. The molecule has 0 atom stereocenters. The third-order valence-corrected chi connectivity index (χ3v) is 16.2. The largest absolute Gasteiger partial charge is 0.478 e. The van der Waals surface area contributed by atoms with Crippen LogP contribution in [0.1, 0.15) is 129 Å². The Morgan fingerprint density at radius 2 is 0.869 bits per heavy atom. The molecule has 24 heteroatoms. The van der Waals surface area contributed by atoms with Gasteiger partial charge < -0.3 is 43.9 Å². The number of carboxylic acid groups (broad SMARTS) is 2. The first kappa shape index (κ1) is 65.4. The van der Waals surface area contributed by atoms with Gasteiger partial charge in [0.25, 0.3) is 0 Å². The zero-order chi connectivity index (χ0) is 61.4. The number of aryl methyl sites for hydroxylation is 1. The number of ether oxygens (including phenoxy) is 4. The molecule has 0 aromatic heterocycles. The molecule has 0 fully saturated rings. The molecule has 8 N–H and O–H groups in total. The summed E-state index contributed by atoms with van der Waals surface area (Å²) in [5, 5.41) is 37.6. The predicted octanol–water partition coefficient (Wildman–Crippen LogP) is 10.9. The van der Waals surface area contributed by atoms with Gasteiger partial charge in [-0.2, -0.15) is 0 Å². The fraction of sp³-hybridized carbons (Fsp3) is 0.350. The number of hydrogen-bond donors (Lipinski definition) is 5. The quantitative estimate of drug-likeness (QED) is 0.0145. The van der Waals surface area contributed by atoms with Crippen molar-refractivity contribution in [1.82, 2.24) is 0 Å². The smallest absolute Gasteiger partial charge is 0.343 e. The number of rotatable bonds is 33. The first-order valence-electron chi connectivity index (χ1n) is 27.7. The second-order valence-electron chi connectivity index (χ2n) is 19.9. The number of sulfonamides is 3. The van der Waals surface area contributed by atoms with Crippen LogP contribution in [0.25, 0.3) is 0 Å². The lowest BCUT2D eigenvalue weighted by Crippen LogP contribution is -2.27. The zero-order valence-corrected chi connectivity index (χ0v) is 50.2. The van der Waals surface area contributed by atoms with Crippen molar-refractivity contribution in [3.8, 4) is 40.2 Å². The maximum Gasteiger partial charge on any atom is 0.343 e. The molecule has 21 nitrogen and oxygen atoms in total. The average molecular weight is 1220 g/mol. The van der Waals surface area contributed by atoms with E-state index in [2.05, 4.69) is 6.92 Å². The highest BCUT2D eigenvalue weighted by Crippen LogP contribution is 2.44. The van der Waals surface area contributed by atoms with Crippen LogP contribution in [0.3, 0.4) is 0 Å². The van der Waals surface area contributed by atoms with Crippen molar-refractivity contribution in [3.63, 3.8) is 0 Å². The van der Waals surface area contributed by atoms with Crippen molar-refractivity contribution in [2.24, 2.45) is 15.4 Å². The van der Waals surface area contributed by atoms with Gasteiger partial charge in [-0.15, -0.1) is 0 Å². The van der Waals surface area contributed by atoms with Crippen LogP contribution in [0, 0.1) is 0 Å². The molecule has 0 aliphatic rings. The Balaban J connectivity index is 1.32. The summed E-state index contributed by atoms with van der Waals surface area (Å²) in [4.78, 5) is 42.9. The number of nitrogens with zero attached hydrogens (tertiary/aromatic N) is 3. The highest BCUT2D eigenvalue weighted by molar-refractivity contribution is 7.89. The fourth-order valence-electron chi connectivity index (χ4n) is 9.39. The predicted molar refractivity (Wildman–Crippen MR) is 322 cm³/mol. The van der Waals surface area contributed by atoms with E-state index in [4.69, 9.17) is 34.4 Å². The molecule has 0 unspecified atom stereocenters. The first-order chi connectivity index (χ1) is 39.9. The van der Waals surface area contributed by atoms with Crippen molar-refractivity contribution >= 4 is 65.0 Å². The maximum atomic E-state index is 14.0. The summed E-state index contributed by atoms with van der Waals surface area (Å²) in [7, 11) is -13.7. The molecular weight excluding hydrogens is 1140 g/mol. The maximum absolute atomic E-state index is 14.0. The zero-order valence-electron chi connectivity index (χ0n) is 47.8. The van der Waals surface area contributed by atoms with Gasteiger partial charge in [0.2, 0.25) is 30.1 Å². The minimum Gasteiger partial charge on any atom is -0.478 e. The second-order valence-corrected chi connectivity index (χ2v) is 24.5. The Bertz CT molecular complexity index is 3630. The number of unbranched alkanes of at least 4 members (excludes halogenated alkanes) is 4. The van der Waals surface area contributed by atoms with Crippen molar-refractivity contribution in [1.29, 1.82) is 0 Å². The van der Waals surface area contributed by atoms with Crippen LogP contribution < -0.4 is 49.1 Å². The van der Waals surface area contributed by atoms with Crippen LogP contribution in [0.15, 0.2) is 130 Å². The third-order valence-electron chi connectivity index (χ3n) is 13.5. The summed E-state index contributed by atoms with van der Waals surface area (Å²) < 4.78 is 104. The molecule has 0 spiro atoms. The average Bonchev–Trinajstić information content (AvgIpc) is 1.32. The van der Waals surface area contributed by atoms with Gasteiger partial charge in [0.05, 0.1) is 33.8 Å². The number of hydrogen-bond acceptors (Lipinski definition) is 16. The van der Waals surface area contributed by atoms with Gasteiger partial charge in [0.1, 0.15) is 37.7 Å². The van der Waals surface area contributed by atoms with Gasteiger partial charge >= 0.3 is 17.9 Å². The number of carbonyl (C=O) groups is 3. The minimum absolute atomic E-state index is 0.0169. The molecule has 84 heavy (non-hydrogen) atoms. The number of esters is 1. The fourth-order valence-corrected chi connectivity index (χ4v) is 11.5. The molecule has 0 heterocycles. The van der Waals surface area contributed by atoms with Crippen LogP contribution in [0.4, 0.5) is 17.1 Å². The van der Waals surface area contributed by atoms with Crippen LogP contribution in [-0.2, 0) is 36.5 Å². The molecule has 0 saturated heterocycles. The van der Waals surface area contributed by atoms with E-state index in [9.17, 15) is 49.9 Å². The monoisotopic (exact) mass is 1210 g/mol. The first-order valence-corrected chi connectivity index (χ1v) is 32.4. The minimum atomic E-state index is -4.68. The van der Waals surface area contributed by atoms with E-state index in [0.717, 1.165) is 50.3 Å². The van der Waals surface area contributed by atoms with Gasteiger partial charge in [-0.25, -0.2) is 55.1 Å². The van der Waals surface area contributed by atoms with Gasteiger partial charge in [-0.1, -0.05) is 89.8 Å².